The molecule has 1 aliphatic heterocycles. The molecule has 118 valence electrons. The highest BCUT2D eigenvalue weighted by Crippen LogP contribution is 2.38. The van der Waals surface area contributed by atoms with Crippen LogP contribution in [0.2, 0.25) is 0 Å². The lowest BCUT2D eigenvalue weighted by molar-refractivity contribution is -0.146. The van der Waals surface area contributed by atoms with Gasteiger partial charge in [-0.15, -0.1) is 7.92 Å². The Labute approximate surface area is 125 Å². The van der Waals surface area contributed by atoms with Crippen LogP contribution in [0.4, 0.5) is 0 Å². The largest absolute Gasteiger partial charge is 0.460 e. The molecule has 3 N–H and O–H groups in total. The maximum absolute atomic E-state index is 11.5. The molecular weight excluding hydrogens is 271 g/mol. The molecule has 0 amide bonds. The van der Waals surface area contributed by atoms with Crippen LogP contribution in [0.5, 0.6) is 0 Å². The highest BCUT2D eigenvalue weighted by molar-refractivity contribution is 7.57. The number of nitrogens with one attached hydrogen (secondary N) is 1. The van der Waals surface area contributed by atoms with Crippen LogP contribution >= 0.6 is 7.92 Å². The molecule has 1 saturated heterocycles. The number of hydrogen-bond donors (Lipinski definition) is 2. The first-order valence-electron chi connectivity index (χ1n) is 8.05. The standard InChI is InChI=1S/C15H31N2O2P/c1-14(12-16)19-15(18)13-17-8-11-20-9-6-4-2-3-5-7-10-20/h14,17H,2-13,16H2,1H3. The van der Waals surface area contributed by atoms with Gasteiger partial charge in [0.1, 0.15) is 6.10 Å². The Bertz CT molecular complexity index is 254. The van der Waals surface area contributed by atoms with Crippen LogP contribution in [-0.2, 0) is 9.53 Å². The van der Waals surface area contributed by atoms with Crippen LogP contribution in [-0.4, -0.2) is 50.2 Å². The van der Waals surface area contributed by atoms with Gasteiger partial charge in [0, 0.05) is 6.54 Å². The second-order valence-electron chi connectivity index (χ2n) is 5.68. The summed E-state index contributed by atoms with van der Waals surface area (Å²) in [6, 6.07) is 0. The third-order valence-corrected chi connectivity index (χ3v) is 6.49. The predicted molar refractivity (Wildman–Crippen MR) is 86.7 cm³/mol. The van der Waals surface area contributed by atoms with E-state index in [1.54, 1.807) is 0 Å². The summed E-state index contributed by atoms with van der Waals surface area (Å²) >= 11 is 0. The van der Waals surface area contributed by atoms with Gasteiger partial charge in [0.15, 0.2) is 0 Å². The van der Waals surface area contributed by atoms with Crippen LogP contribution in [0.15, 0.2) is 0 Å². The van der Waals surface area contributed by atoms with E-state index in [4.69, 9.17) is 10.5 Å². The minimum atomic E-state index is -0.190. The first kappa shape index (κ1) is 17.9. The summed E-state index contributed by atoms with van der Waals surface area (Å²) in [5.74, 6) is -0.190. The second kappa shape index (κ2) is 11.5. The molecule has 20 heavy (non-hydrogen) atoms. The Kier molecular flexibility index (Phi) is 10.3. The third-order valence-electron chi connectivity index (χ3n) is 3.74. The van der Waals surface area contributed by atoms with Crippen LogP contribution in [0.25, 0.3) is 0 Å². The Hall–Kier alpha value is -0.180. The van der Waals surface area contributed by atoms with Crippen LogP contribution in [0, 0.1) is 0 Å². The lowest BCUT2D eigenvalue weighted by atomic mass is 10.1. The third kappa shape index (κ3) is 8.89. The number of carbonyl (C=O) groups excluding carboxylic acids is 1. The first-order valence-corrected chi connectivity index (χ1v) is 9.94. The number of rotatable bonds is 7. The number of nitrogens with two attached hydrogens (primary N) is 1. The Morgan fingerprint density at radius 3 is 2.40 bits per heavy atom. The molecular formula is C15H31N2O2P. The maximum Gasteiger partial charge on any atom is 0.320 e. The van der Waals surface area contributed by atoms with E-state index in [-0.39, 0.29) is 20.0 Å². The summed E-state index contributed by atoms with van der Waals surface area (Å²) in [5.41, 5.74) is 5.42. The fourth-order valence-corrected chi connectivity index (χ4v) is 4.94. The first-order chi connectivity index (χ1) is 9.72. The lowest BCUT2D eigenvalue weighted by Gasteiger charge is -2.17. The number of ether oxygens (including phenoxy) is 1. The van der Waals surface area contributed by atoms with Crippen molar-refractivity contribution in [2.45, 2.75) is 51.6 Å². The van der Waals surface area contributed by atoms with E-state index in [0.29, 0.717) is 13.1 Å². The zero-order valence-electron chi connectivity index (χ0n) is 12.9. The van der Waals surface area contributed by atoms with Gasteiger partial charge < -0.3 is 15.8 Å². The molecule has 0 aromatic rings. The molecule has 0 aliphatic carbocycles. The van der Waals surface area contributed by atoms with Crippen molar-refractivity contribution in [3.8, 4) is 0 Å². The molecule has 1 fully saturated rings. The molecule has 0 radical (unpaired) electrons. The van der Waals surface area contributed by atoms with Gasteiger partial charge in [0.05, 0.1) is 6.54 Å². The van der Waals surface area contributed by atoms with E-state index < -0.39 is 0 Å². The zero-order valence-corrected chi connectivity index (χ0v) is 13.8. The molecule has 0 aromatic carbocycles. The van der Waals surface area contributed by atoms with Gasteiger partial charge in [-0.1, -0.05) is 25.7 Å². The fraction of sp³-hybridized carbons (Fsp3) is 0.933. The Morgan fingerprint density at radius 2 is 1.80 bits per heavy atom. The van der Waals surface area contributed by atoms with Crippen LogP contribution in [0.3, 0.4) is 0 Å². The summed E-state index contributed by atoms with van der Waals surface area (Å²) in [7, 11) is 0.182. The Morgan fingerprint density at radius 1 is 1.20 bits per heavy atom. The van der Waals surface area contributed by atoms with Crippen molar-refractivity contribution in [1.29, 1.82) is 0 Å². The predicted octanol–water partition coefficient (Wildman–Crippen LogP) is 2.30. The lowest BCUT2D eigenvalue weighted by Crippen LogP contribution is -2.31. The molecule has 1 atom stereocenters. The van der Waals surface area contributed by atoms with Crippen molar-refractivity contribution < 1.29 is 9.53 Å². The smallest absolute Gasteiger partial charge is 0.320 e. The molecule has 1 aliphatic rings. The van der Waals surface area contributed by atoms with E-state index in [1.807, 2.05) is 6.92 Å². The summed E-state index contributed by atoms with van der Waals surface area (Å²) in [6.07, 6.45) is 12.4. The van der Waals surface area contributed by atoms with E-state index in [0.717, 1.165) is 6.54 Å². The summed E-state index contributed by atoms with van der Waals surface area (Å²) < 4.78 is 5.12. The fourth-order valence-electron chi connectivity index (χ4n) is 2.46. The number of carbonyl (C=O) groups is 1. The molecule has 1 unspecified atom stereocenters. The van der Waals surface area contributed by atoms with Crippen molar-refractivity contribution in [3.63, 3.8) is 0 Å². The van der Waals surface area contributed by atoms with Crippen molar-refractivity contribution in [1.82, 2.24) is 5.32 Å². The highest BCUT2D eigenvalue weighted by Gasteiger charge is 2.11. The van der Waals surface area contributed by atoms with Gasteiger partial charge >= 0.3 is 5.97 Å². The van der Waals surface area contributed by atoms with Gasteiger partial charge in [-0.2, -0.15) is 0 Å². The Balaban J connectivity index is 2.07. The van der Waals surface area contributed by atoms with Gasteiger partial charge in [-0.05, 0) is 44.8 Å². The zero-order chi connectivity index (χ0) is 14.6. The van der Waals surface area contributed by atoms with Gasteiger partial charge in [-0.25, -0.2) is 0 Å². The number of hydrogen-bond acceptors (Lipinski definition) is 4. The maximum atomic E-state index is 11.5. The number of esters is 1. The van der Waals surface area contributed by atoms with Crippen LogP contribution < -0.4 is 11.1 Å². The van der Waals surface area contributed by atoms with Gasteiger partial charge in [0.25, 0.3) is 0 Å². The molecule has 0 saturated carbocycles. The topological polar surface area (TPSA) is 64.3 Å². The van der Waals surface area contributed by atoms with Crippen molar-refractivity contribution in [3.05, 3.63) is 0 Å². The van der Waals surface area contributed by atoms with Gasteiger partial charge in [-0.3, -0.25) is 4.79 Å². The average molecular weight is 302 g/mol. The summed E-state index contributed by atoms with van der Waals surface area (Å²) in [4.78, 5) is 11.5. The highest BCUT2D eigenvalue weighted by atomic mass is 31.1. The molecule has 1 rings (SSSR count). The average Bonchev–Trinajstić information content (AvgIpc) is 2.57. The summed E-state index contributed by atoms with van der Waals surface area (Å²) in [5, 5.41) is 3.21. The normalized spacial score (nSPS) is 19.7. The molecule has 4 nitrogen and oxygen atoms in total. The minimum Gasteiger partial charge on any atom is -0.460 e. The SMILES string of the molecule is CC(CN)OC(=O)CNCCP1CCCCCCCC1. The van der Waals surface area contributed by atoms with Crippen molar-refractivity contribution in [2.24, 2.45) is 5.73 Å². The van der Waals surface area contributed by atoms with E-state index in [1.165, 1.54) is 57.0 Å². The van der Waals surface area contributed by atoms with Gasteiger partial charge in [0.2, 0.25) is 0 Å². The second-order valence-corrected chi connectivity index (χ2v) is 8.36. The van der Waals surface area contributed by atoms with E-state index in [2.05, 4.69) is 5.32 Å². The molecule has 0 bridgehead atoms. The van der Waals surface area contributed by atoms with Crippen molar-refractivity contribution in [2.75, 3.05) is 38.1 Å². The quantitative estimate of drug-likeness (QED) is 0.430. The van der Waals surface area contributed by atoms with Crippen LogP contribution in [0.1, 0.15) is 45.4 Å². The monoisotopic (exact) mass is 302 g/mol. The minimum absolute atomic E-state index is 0.178. The van der Waals surface area contributed by atoms with E-state index in [9.17, 15) is 4.79 Å². The molecule has 1 heterocycles. The molecule has 0 spiro atoms. The summed E-state index contributed by atoms with van der Waals surface area (Å²) in [6.45, 7) is 3.46. The van der Waals surface area contributed by atoms with Crippen molar-refractivity contribution >= 4 is 13.9 Å². The molecule has 0 aromatic heterocycles. The molecule has 5 heteroatoms. The van der Waals surface area contributed by atoms with E-state index >= 15 is 0 Å².